The van der Waals surface area contributed by atoms with Crippen LogP contribution in [-0.4, -0.2) is 57.9 Å². The number of nitrogens with zero attached hydrogens (tertiary/aromatic N) is 3. The van der Waals surface area contributed by atoms with Crippen LogP contribution in [0.3, 0.4) is 0 Å². The molecule has 0 unspecified atom stereocenters. The van der Waals surface area contributed by atoms with Crippen molar-refractivity contribution >= 4 is 17.8 Å². The van der Waals surface area contributed by atoms with Crippen molar-refractivity contribution in [3.05, 3.63) is 47.3 Å². The van der Waals surface area contributed by atoms with E-state index in [9.17, 15) is 14.4 Å². The molecule has 9 nitrogen and oxygen atoms in total. The molecular weight excluding hydrogens is 402 g/mol. The molecule has 1 aromatic carbocycles. The Bertz CT molecular complexity index is 948. The quantitative estimate of drug-likeness (QED) is 0.642. The molecule has 2 aromatic rings. The average molecular weight is 429 g/mol. The van der Waals surface area contributed by atoms with Gasteiger partial charge in [0.05, 0.1) is 19.8 Å². The van der Waals surface area contributed by atoms with Crippen molar-refractivity contribution in [3.8, 4) is 5.75 Å². The molecule has 1 fully saturated rings. The lowest BCUT2D eigenvalue weighted by molar-refractivity contribution is -0.137. The van der Waals surface area contributed by atoms with Gasteiger partial charge in [-0.25, -0.2) is 4.79 Å². The number of carbonyl (C=O) groups excluding carboxylic acids is 2. The van der Waals surface area contributed by atoms with E-state index in [1.54, 1.807) is 23.1 Å². The van der Waals surface area contributed by atoms with Gasteiger partial charge in [-0.05, 0) is 37.1 Å². The number of esters is 1. The van der Waals surface area contributed by atoms with Gasteiger partial charge >= 0.3 is 11.9 Å². The van der Waals surface area contributed by atoms with Gasteiger partial charge in [-0.1, -0.05) is 19.3 Å². The van der Waals surface area contributed by atoms with Crippen molar-refractivity contribution < 1.29 is 29.0 Å². The summed E-state index contributed by atoms with van der Waals surface area (Å²) in [6.07, 6.45) is 6.43. The molecule has 1 N–H and O–H groups in total. The van der Waals surface area contributed by atoms with E-state index < -0.39 is 11.9 Å². The highest BCUT2D eigenvalue weighted by atomic mass is 16.5. The molecule has 1 amide bonds. The van der Waals surface area contributed by atoms with Crippen molar-refractivity contribution in [1.29, 1.82) is 0 Å². The van der Waals surface area contributed by atoms with Gasteiger partial charge in [0.1, 0.15) is 18.0 Å². The Hall–Kier alpha value is -3.36. The SMILES string of the molecule is COC(=O)c1ccc(OC)c(CN(C(=O)c2ccn(CC(=O)O)n2)C2CCCCC2)c1. The highest BCUT2D eigenvalue weighted by Gasteiger charge is 2.29. The van der Waals surface area contributed by atoms with E-state index in [4.69, 9.17) is 14.6 Å². The van der Waals surface area contributed by atoms with Crippen LogP contribution in [0.15, 0.2) is 30.5 Å². The summed E-state index contributed by atoms with van der Waals surface area (Å²) in [7, 11) is 2.86. The molecule has 1 saturated carbocycles. The zero-order valence-corrected chi connectivity index (χ0v) is 17.7. The summed E-state index contributed by atoms with van der Waals surface area (Å²) >= 11 is 0. The molecular formula is C22H27N3O6. The number of amides is 1. The smallest absolute Gasteiger partial charge is 0.337 e. The summed E-state index contributed by atoms with van der Waals surface area (Å²) in [6.45, 7) is -0.0744. The van der Waals surface area contributed by atoms with Gasteiger partial charge in [-0.3, -0.25) is 14.3 Å². The third-order valence-corrected chi connectivity index (χ3v) is 5.48. The van der Waals surface area contributed by atoms with Crippen LogP contribution in [0.5, 0.6) is 5.75 Å². The Balaban J connectivity index is 1.92. The van der Waals surface area contributed by atoms with Crippen molar-refractivity contribution in [3.63, 3.8) is 0 Å². The van der Waals surface area contributed by atoms with Crippen LogP contribution in [-0.2, 0) is 22.6 Å². The lowest BCUT2D eigenvalue weighted by Crippen LogP contribution is -2.41. The maximum Gasteiger partial charge on any atom is 0.337 e. The Morgan fingerprint density at radius 3 is 2.55 bits per heavy atom. The number of hydrogen-bond donors (Lipinski definition) is 1. The zero-order valence-electron chi connectivity index (χ0n) is 17.7. The first-order valence-electron chi connectivity index (χ1n) is 10.2. The lowest BCUT2D eigenvalue weighted by Gasteiger charge is -2.34. The molecule has 0 radical (unpaired) electrons. The number of rotatable bonds is 8. The molecule has 9 heteroatoms. The number of aromatic nitrogens is 2. The van der Waals surface area contributed by atoms with Gasteiger partial charge in [0.15, 0.2) is 0 Å². The molecule has 0 saturated heterocycles. The zero-order chi connectivity index (χ0) is 22.4. The molecule has 166 valence electrons. The second-order valence-corrected chi connectivity index (χ2v) is 7.54. The molecule has 31 heavy (non-hydrogen) atoms. The van der Waals surface area contributed by atoms with Gasteiger partial charge in [-0.15, -0.1) is 0 Å². The lowest BCUT2D eigenvalue weighted by atomic mass is 9.93. The van der Waals surface area contributed by atoms with E-state index in [0.717, 1.165) is 32.1 Å². The summed E-state index contributed by atoms with van der Waals surface area (Å²) in [5.41, 5.74) is 1.25. The van der Waals surface area contributed by atoms with E-state index in [-0.39, 0.29) is 30.7 Å². The number of carbonyl (C=O) groups is 3. The summed E-state index contributed by atoms with van der Waals surface area (Å²) < 4.78 is 11.5. The molecule has 1 aromatic heterocycles. The van der Waals surface area contributed by atoms with E-state index in [0.29, 0.717) is 16.9 Å². The topological polar surface area (TPSA) is 111 Å². The van der Waals surface area contributed by atoms with Crippen molar-refractivity contribution in [2.45, 2.75) is 51.2 Å². The summed E-state index contributed by atoms with van der Waals surface area (Å²) in [4.78, 5) is 38.1. The van der Waals surface area contributed by atoms with Crippen LogP contribution < -0.4 is 4.74 Å². The van der Waals surface area contributed by atoms with Gasteiger partial charge in [-0.2, -0.15) is 5.10 Å². The number of carboxylic acids is 1. The van der Waals surface area contributed by atoms with Crippen molar-refractivity contribution in [2.75, 3.05) is 14.2 Å². The predicted octanol–water partition coefficient (Wildman–Crippen LogP) is 2.74. The first-order chi connectivity index (χ1) is 14.9. The van der Waals surface area contributed by atoms with Gasteiger partial charge in [0, 0.05) is 24.3 Å². The Morgan fingerprint density at radius 2 is 1.90 bits per heavy atom. The Labute approximate surface area is 180 Å². The number of hydrogen-bond acceptors (Lipinski definition) is 6. The summed E-state index contributed by atoms with van der Waals surface area (Å²) in [5.74, 6) is -1.21. The van der Waals surface area contributed by atoms with Crippen LogP contribution in [0.25, 0.3) is 0 Å². The fourth-order valence-corrected chi connectivity index (χ4v) is 3.94. The highest BCUT2D eigenvalue weighted by molar-refractivity contribution is 5.93. The van der Waals surface area contributed by atoms with E-state index in [1.807, 2.05) is 0 Å². The highest BCUT2D eigenvalue weighted by Crippen LogP contribution is 2.29. The largest absolute Gasteiger partial charge is 0.496 e. The molecule has 3 rings (SSSR count). The molecule has 1 aliphatic carbocycles. The van der Waals surface area contributed by atoms with Crippen LogP contribution in [0.4, 0.5) is 0 Å². The monoisotopic (exact) mass is 429 g/mol. The fourth-order valence-electron chi connectivity index (χ4n) is 3.94. The van der Waals surface area contributed by atoms with Crippen LogP contribution >= 0.6 is 0 Å². The number of methoxy groups -OCH3 is 2. The number of benzene rings is 1. The maximum atomic E-state index is 13.4. The fraction of sp³-hybridized carbons (Fsp3) is 0.455. The second kappa shape index (κ2) is 10.1. The molecule has 0 bridgehead atoms. The van der Waals surface area contributed by atoms with Gasteiger partial charge in [0.2, 0.25) is 0 Å². The molecule has 0 spiro atoms. The van der Waals surface area contributed by atoms with E-state index in [2.05, 4.69) is 5.10 Å². The minimum absolute atomic E-state index is 0.0253. The van der Waals surface area contributed by atoms with Gasteiger partial charge < -0.3 is 19.5 Å². The Morgan fingerprint density at radius 1 is 1.16 bits per heavy atom. The summed E-state index contributed by atoms with van der Waals surface area (Å²) in [6, 6.07) is 6.54. The molecule has 0 aliphatic heterocycles. The maximum absolute atomic E-state index is 13.4. The van der Waals surface area contributed by atoms with Crippen LogP contribution in [0.1, 0.15) is 58.5 Å². The first-order valence-corrected chi connectivity index (χ1v) is 10.2. The normalized spacial score (nSPS) is 14.1. The van der Waals surface area contributed by atoms with Crippen molar-refractivity contribution in [2.24, 2.45) is 0 Å². The second-order valence-electron chi connectivity index (χ2n) is 7.54. The minimum atomic E-state index is -1.03. The Kier molecular flexibility index (Phi) is 7.28. The molecule has 0 atom stereocenters. The third kappa shape index (κ3) is 5.42. The molecule has 1 heterocycles. The standard InChI is InChI=1S/C22H27N3O6/c1-30-19-9-8-15(22(29)31-2)12-16(19)13-25(17-6-4-3-5-7-17)21(28)18-10-11-24(23-18)14-20(26)27/h8-12,17H,3-7,13-14H2,1-2H3,(H,26,27). The van der Waals surface area contributed by atoms with Gasteiger partial charge in [0.25, 0.3) is 5.91 Å². The predicted molar refractivity (Wildman–Crippen MR) is 111 cm³/mol. The summed E-state index contributed by atoms with van der Waals surface area (Å²) in [5, 5.41) is 13.1. The average Bonchev–Trinajstić information content (AvgIpc) is 3.24. The third-order valence-electron chi connectivity index (χ3n) is 5.48. The first kappa shape index (κ1) is 22.3. The number of ether oxygens (including phenoxy) is 2. The number of carboxylic acid groups (broad SMARTS) is 1. The van der Waals surface area contributed by atoms with Crippen molar-refractivity contribution in [1.82, 2.24) is 14.7 Å². The minimum Gasteiger partial charge on any atom is -0.496 e. The number of aliphatic carboxylic acids is 1. The van der Waals surface area contributed by atoms with E-state index in [1.165, 1.54) is 31.2 Å². The van der Waals surface area contributed by atoms with Crippen LogP contribution in [0.2, 0.25) is 0 Å². The van der Waals surface area contributed by atoms with Crippen LogP contribution in [0, 0.1) is 0 Å². The molecule has 1 aliphatic rings. The van der Waals surface area contributed by atoms with E-state index >= 15 is 0 Å².